The van der Waals surface area contributed by atoms with Gasteiger partial charge in [-0.05, 0) is 64.5 Å². The number of fused-ring (bicyclic) bond motifs is 5. The van der Waals surface area contributed by atoms with Crippen LogP contribution in [0.2, 0.25) is 0 Å². The maximum Gasteiger partial charge on any atom is 0.0595 e. The van der Waals surface area contributed by atoms with Gasteiger partial charge in [0.05, 0.1) is 5.52 Å². The predicted molar refractivity (Wildman–Crippen MR) is 141 cm³/mol. The van der Waals surface area contributed by atoms with Gasteiger partial charge in [0.15, 0.2) is 0 Å². The van der Waals surface area contributed by atoms with E-state index in [-0.39, 0.29) is 20.1 Å². The zero-order valence-corrected chi connectivity index (χ0v) is 22.1. The van der Waals surface area contributed by atoms with Crippen LogP contribution in [0.1, 0.15) is 0 Å². The van der Waals surface area contributed by atoms with Crippen LogP contribution in [0.4, 0.5) is 22.7 Å². The zero-order valence-electron chi connectivity index (χ0n) is 18.8. The second-order valence-corrected chi connectivity index (χ2v) is 10.7. The molecule has 2 aliphatic heterocycles. The van der Waals surface area contributed by atoms with E-state index in [4.69, 9.17) is 4.98 Å². The van der Waals surface area contributed by atoms with Crippen molar-refractivity contribution in [3.05, 3.63) is 97.1 Å². The molecule has 5 aromatic rings. The molecule has 3 heterocycles. The Balaban J connectivity index is 0.00000217. The molecular formula is C29H21IrN3P-. The number of pyridine rings is 1. The van der Waals surface area contributed by atoms with Gasteiger partial charge in [-0.1, -0.05) is 66.7 Å². The molecule has 0 N–H and O–H groups in total. The van der Waals surface area contributed by atoms with E-state index in [1.165, 1.54) is 33.0 Å². The maximum atomic E-state index is 4.98. The van der Waals surface area contributed by atoms with Gasteiger partial charge in [-0.25, -0.2) is 0 Å². The first kappa shape index (κ1) is 21.5. The van der Waals surface area contributed by atoms with E-state index in [2.05, 4.69) is 115 Å². The van der Waals surface area contributed by atoms with Crippen LogP contribution in [-0.4, -0.2) is 19.1 Å². The van der Waals surface area contributed by atoms with Crippen molar-refractivity contribution >= 4 is 57.5 Å². The molecule has 0 aliphatic carbocycles. The third-order valence-electron chi connectivity index (χ3n) is 6.76. The molecule has 1 aromatic heterocycles. The monoisotopic (exact) mass is 635 g/mol. The van der Waals surface area contributed by atoms with Crippen molar-refractivity contribution in [2.75, 3.05) is 23.9 Å². The molecule has 0 amide bonds. The van der Waals surface area contributed by atoms with Gasteiger partial charge in [0.1, 0.15) is 0 Å². The largest absolute Gasteiger partial charge is 0.361 e. The van der Waals surface area contributed by atoms with Crippen LogP contribution >= 0.6 is 7.92 Å². The summed E-state index contributed by atoms with van der Waals surface area (Å²) < 4.78 is 0. The number of para-hydroxylation sites is 3. The van der Waals surface area contributed by atoms with E-state index in [1.54, 1.807) is 0 Å². The number of benzene rings is 4. The molecule has 0 fully saturated rings. The SMILES string of the molecule is CN1c2[c-]c(-c3ccc4ccccc4n3)cc3c2P(c2ccccc21)c1ccccc1N3C.[Ir]. The summed E-state index contributed by atoms with van der Waals surface area (Å²) in [7, 11) is 3.69. The summed E-state index contributed by atoms with van der Waals surface area (Å²) >= 11 is 0. The van der Waals surface area contributed by atoms with E-state index >= 15 is 0 Å². The summed E-state index contributed by atoms with van der Waals surface area (Å²) in [6.07, 6.45) is 0. The Hall–Kier alpha value is -3.03. The number of anilines is 4. The average Bonchev–Trinajstić information content (AvgIpc) is 2.88. The van der Waals surface area contributed by atoms with E-state index < -0.39 is 7.92 Å². The fraction of sp³-hybridized carbons (Fsp3) is 0.0690. The molecular weight excluding hydrogens is 614 g/mol. The van der Waals surface area contributed by atoms with Gasteiger partial charge in [0.2, 0.25) is 0 Å². The Bertz CT molecular complexity index is 1510. The quantitative estimate of drug-likeness (QED) is 0.176. The van der Waals surface area contributed by atoms with E-state index in [9.17, 15) is 0 Å². The molecule has 5 heteroatoms. The first-order chi connectivity index (χ1) is 16.2. The maximum absolute atomic E-state index is 4.98. The van der Waals surface area contributed by atoms with Crippen molar-refractivity contribution < 1.29 is 20.1 Å². The number of nitrogens with zero attached hydrogens (tertiary/aromatic N) is 3. The van der Waals surface area contributed by atoms with Crippen LogP contribution in [-0.2, 0) is 20.1 Å². The smallest absolute Gasteiger partial charge is 0.0595 e. The van der Waals surface area contributed by atoms with Gasteiger partial charge < -0.3 is 9.80 Å². The van der Waals surface area contributed by atoms with Crippen molar-refractivity contribution in [3.63, 3.8) is 0 Å². The number of rotatable bonds is 1. The fourth-order valence-electron chi connectivity index (χ4n) is 5.12. The summed E-state index contributed by atoms with van der Waals surface area (Å²) in [4.78, 5) is 9.63. The molecule has 7 rings (SSSR count). The molecule has 34 heavy (non-hydrogen) atoms. The van der Waals surface area contributed by atoms with Crippen molar-refractivity contribution in [1.82, 2.24) is 4.98 Å². The van der Waals surface area contributed by atoms with E-state index in [0.29, 0.717) is 0 Å². The minimum atomic E-state index is -0.649. The second kappa shape index (κ2) is 8.03. The first-order valence-corrected chi connectivity index (χ1v) is 12.5. The van der Waals surface area contributed by atoms with Crippen molar-refractivity contribution in [2.45, 2.75) is 0 Å². The van der Waals surface area contributed by atoms with Crippen LogP contribution in [0.5, 0.6) is 0 Å². The van der Waals surface area contributed by atoms with Gasteiger partial charge in [-0.2, -0.15) is 0 Å². The van der Waals surface area contributed by atoms with Crippen LogP contribution < -0.4 is 25.7 Å². The molecule has 1 unspecified atom stereocenters. The van der Waals surface area contributed by atoms with Gasteiger partial charge >= 0.3 is 0 Å². The molecule has 167 valence electrons. The van der Waals surface area contributed by atoms with E-state index in [0.717, 1.165) is 27.8 Å². The van der Waals surface area contributed by atoms with Crippen molar-refractivity contribution in [3.8, 4) is 11.3 Å². The van der Waals surface area contributed by atoms with E-state index in [1.807, 2.05) is 6.07 Å². The minimum absolute atomic E-state index is 0. The van der Waals surface area contributed by atoms with Crippen molar-refractivity contribution in [2.24, 2.45) is 0 Å². The summed E-state index contributed by atoms with van der Waals surface area (Å²) in [5, 5.41) is 5.36. The molecule has 4 aromatic carbocycles. The topological polar surface area (TPSA) is 19.4 Å². The molecule has 1 radical (unpaired) electrons. The first-order valence-electron chi connectivity index (χ1n) is 11.1. The van der Waals surface area contributed by atoms with Gasteiger partial charge in [0, 0.05) is 45.6 Å². The van der Waals surface area contributed by atoms with Crippen LogP contribution in [0, 0.1) is 6.07 Å². The Morgan fingerprint density at radius 1 is 0.706 bits per heavy atom. The summed E-state index contributed by atoms with van der Waals surface area (Å²) in [5.41, 5.74) is 7.95. The summed E-state index contributed by atoms with van der Waals surface area (Å²) in [6.45, 7) is 0. The Kier molecular flexibility index (Phi) is 5.08. The molecule has 1 atom stereocenters. The third-order valence-corrected chi connectivity index (χ3v) is 9.37. The standard InChI is InChI=1S/C29H21N3P.Ir/c1-31-23-11-5-7-13-27(23)33-28-14-8-6-12-24(28)32(2)26-18-20(17-25(31)29(26)33)22-16-15-19-9-3-4-10-21(19)30-22;/h3-17H,1-2H3;/q-1;. The van der Waals surface area contributed by atoms with Crippen LogP contribution in [0.15, 0.2) is 91.0 Å². The molecule has 0 saturated heterocycles. The molecule has 0 bridgehead atoms. The summed E-state index contributed by atoms with van der Waals surface area (Å²) in [6, 6.07) is 36.3. The molecule has 0 spiro atoms. The van der Waals surface area contributed by atoms with Crippen LogP contribution in [0.3, 0.4) is 0 Å². The fourth-order valence-corrected chi connectivity index (χ4v) is 8.10. The van der Waals surface area contributed by atoms with Gasteiger partial charge in [-0.3, -0.25) is 4.98 Å². The molecule has 0 saturated carbocycles. The van der Waals surface area contributed by atoms with Gasteiger partial charge in [-0.15, -0.1) is 17.7 Å². The normalized spacial score (nSPS) is 15.3. The number of aromatic nitrogens is 1. The Labute approximate surface area is 214 Å². The minimum Gasteiger partial charge on any atom is -0.361 e. The van der Waals surface area contributed by atoms with Crippen molar-refractivity contribution in [1.29, 1.82) is 0 Å². The second-order valence-electron chi connectivity index (χ2n) is 8.59. The summed E-state index contributed by atoms with van der Waals surface area (Å²) in [5.74, 6) is 0. The number of hydrogen-bond donors (Lipinski definition) is 0. The third kappa shape index (κ3) is 3.00. The average molecular weight is 635 g/mol. The zero-order chi connectivity index (χ0) is 22.1. The Morgan fingerprint density at radius 2 is 1.35 bits per heavy atom. The molecule has 2 aliphatic rings. The predicted octanol–water partition coefficient (Wildman–Crippen LogP) is 5.62. The van der Waals surface area contributed by atoms with Crippen LogP contribution in [0.25, 0.3) is 22.2 Å². The molecule has 3 nitrogen and oxygen atoms in total. The van der Waals surface area contributed by atoms with Gasteiger partial charge in [0.25, 0.3) is 0 Å². The Morgan fingerprint density at radius 3 is 2.12 bits per heavy atom. The number of hydrogen-bond acceptors (Lipinski definition) is 3.